The fraction of sp³-hybridized carbons (Fsp3) is 0.417. The highest BCUT2D eigenvalue weighted by Crippen LogP contribution is 2.33. The van der Waals surface area contributed by atoms with Gasteiger partial charge in [-0.3, -0.25) is 19.0 Å². The van der Waals surface area contributed by atoms with Gasteiger partial charge in [-0.2, -0.15) is 0 Å². The van der Waals surface area contributed by atoms with Gasteiger partial charge in [0.2, 0.25) is 5.91 Å². The highest BCUT2D eigenvalue weighted by atomic mass is 35.5. The van der Waals surface area contributed by atoms with E-state index in [1.54, 1.807) is 34.4 Å². The van der Waals surface area contributed by atoms with Crippen LogP contribution >= 0.6 is 22.9 Å². The third kappa shape index (κ3) is 4.82. The third-order valence-electron chi connectivity index (χ3n) is 6.06. The first-order valence-electron chi connectivity index (χ1n) is 11.3. The number of anilines is 1. The van der Waals surface area contributed by atoms with Gasteiger partial charge >= 0.3 is 0 Å². The van der Waals surface area contributed by atoms with Gasteiger partial charge in [0.05, 0.1) is 22.3 Å². The summed E-state index contributed by atoms with van der Waals surface area (Å²) >= 11 is 7.93. The minimum Gasteiger partial charge on any atom is -0.339 e. The minimum atomic E-state index is -0.242. The molecule has 2 heterocycles. The number of nitrogens with one attached hydrogen (secondary N) is 1. The second-order valence-corrected chi connectivity index (χ2v) is 9.60. The van der Waals surface area contributed by atoms with Gasteiger partial charge in [0.15, 0.2) is 0 Å². The van der Waals surface area contributed by atoms with Gasteiger partial charge < -0.3 is 10.2 Å². The van der Waals surface area contributed by atoms with Gasteiger partial charge in [-0.05, 0) is 63.3 Å². The molecular weight excluding hydrogens is 460 g/mol. The maximum Gasteiger partial charge on any atom is 0.262 e. The number of carbonyl (C=O) groups excluding carboxylic acids is 2. The zero-order chi connectivity index (χ0) is 23.5. The molecule has 1 aliphatic rings. The van der Waals surface area contributed by atoms with Crippen LogP contribution in [-0.2, 0) is 24.2 Å². The van der Waals surface area contributed by atoms with Crippen LogP contribution in [0.2, 0.25) is 5.02 Å². The molecule has 4 rings (SSSR count). The second-order valence-electron chi connectivity index (χ2n) is 8.10. The number of hydrogen-bond acceptors (Lipinski definition) is 5. The van der Waals surface area contributed by atoms with E-state index in [0.717, 1.165) is 41.5 Å². The first kappa shape index (κ1) is 23.4. The van der Waals surface area contributed by atoms with Crippen molar-refractivity contribution in [2.45, 2.75) is 52.5 Å². The lowest BCUT2D eigenvalue weighted by molar-refractivity contribution is -0.116. The number of nitrogens with zero attached hydrogens (tertiary/aromatic N) is 3. The molecule has 0 fully saturated rings. The van der Waals surface area contributed by atoms with Gasteiger partial charge in [0.25, 0.3) is 11.5 Å². The fourth-order valence-electron chi connectivity index (χ4n) is 4.23. The van der Waals surface area contributed by atoms with E-state index in [-0.39, 0.29) is 35.4 Å². The van der Waals surface area contributed by atoms with E-state index in [0.29, 0.717) is 24.3 Å². The van der Waals surface area contributed by atoms with Crippen LogP contribution in [0.15, 0.2) is 29.3 Å². The highest BCUT2D eigenvalue weighted by molar-refractivity contribution is 7.18. The predicted octanol–water partition coefficient (Wildman–Crippen LogP) is 4.50. The molecule has 7 nitrogen and oxygen atoms in total. The van der Waals surface area contributed by atoms with E-state index in [4.69, 9.17) is 11.6 Å². The lowest BCUT2D eigenvalue weighted by Crippen LogP contribution is -2.30. The van der Waals surface area contributed by atoms with Crippen LogP contribution in [-0.4, -0.2) is 39.4 Å². The third-order valence-corrected chi connectivity index (χ3v) is 7.57. The molecule has 0 saturated carbocycles. The summed E-state index contributed by atoms with van der Waals surface area (Å²) in [6.45, 7) is 5.26. The molecule has 0 saturated heterocycles. The van der Waals surface area contributed by atoms with Crippen LogP contribution in [0, 0.1) is 0 Å². The van der Waals surface area contributed by atoms with E-state index in [1.165, 1.54) is 15.8 Å². The number of rotatable bonds is 7. The van der Waals surface area contributed by atoms with Crippen molar-refractivity contribution in [3.8, 4) is 0 Å². The van der Waals surface area contributed by atoms with Crippen LogP contribution in [0.25, 0.3) is 10.2 Å². The molecule has 0 radical (unpaired) electrons. The Morgan fingerprint density at radius 1 is 1.21 bits per heavy atom. The molecule has 0 aliphatic heterocycles. The van der Waals surface area contributed by atoms with E-state index >= 15 is 0 Å². The summed E-state index contributed by atoms with van der Waals surface area (Å²) < 4.78 is 1.52. The molecule has 0 bridgehead atoms. The van der Waals surface area contributed by atoms with Crippen molar-refractivity contribution in [1.29, 1.82) is 0 Å². The molecule has 2 amide bonds. The maximum absolute atomic E-state index is 13.0. The zero-order valence-electron chi connectivity index (χ0n) is 18.8. The predicted molar refractivity (Wildman–Crippen MR) is 132 cm³/mol. The maximum atomic E-state index is 13.0. The summed E-state index contributed by atoms with van der Waals surface area (Å²) in [5.41, 5.74) is 1.98. The average molecular weight is 487 g/mol. The highest BCUT2D eigenvalue weighted by Gasteiger charge is 2.20. The molecule has 1 aromatic carbocycles. The largest absolute Gasteiger partial charge is 0.339 e. The quantitative estimate of drug-likeness (QED) is 0.532. The number of fused-ring (bicyclic) bond motifs is 3. The summed E-state index contributed by atoms with van der Waals surface area (Å²) in [5, 5.41) is 3.81. The Morgan fingerprint density at radius 2 is 1.97 bits per heavy atom. The minimum absolute atomic E-state index is 0.0745. The lowest BCUT2D eigenvalue weighted by atomic mass is 9.97. The van der Waals surface area contributed by atoms with Crippen LogP contribution in [0.1, 0.15) is 53.9 Å². The van der Waals surface area contributed by atoms with Crippen LogP contribution in [0.4, 0.5) is 5.69 Å². The Morgan fingerprint density at radius 3 is 2.70 bits per heavy atom. The van der Waals surface area contributed by atoms with E-state index in [2.05, 4.69) is 10.3 Å². The summed E-state index contributed by atoms with van der Waals surface area (Å²) in [7, 11) is 0. The number of thiophene rings is 1. The number of aromatic nitrogens is 2. The second kappa shape index (κ2) is 10.1. The fourth-order valence-corrected chi connectivity index (χ4v) is 5.71. The van der Waals surface area contributed by atoms with Crippen molar-refractivity contribution in [3.63, 3.8) is 0 Å². The van der Waals surface area contributed by atoms with Crippen LogP contribution in [0.5, 0.6) is 0 Å². The van der Waals surface area contributed by atoms with Crippen molar-refractivity contribution < 1.29 is 9.59 Å². The van der Waals surface area contributed by atoms with Gasteiger partial charge in [0, 0.05) is 36.6 Å². The molecule has 1 aliphatic carbocycles. The first-order valence-corrected chi connectivity index (χ1v) is 12.5. The SMILES string of the molecule is CCN(CC)C(=O)c1ccc(NC(=O)CCn2cnc3sc4c(c3c2=O)CCCC4)cc1Cl. The topological polar surface area (TPSA) is 84.3 Å². The van der Waals surface area contributed by atoms with E-state index in [1.807, 2.05) is 13.8 Å². The zero-order valence-corrected chi connectivity index (χ0v) is 20.4. The van der Waals surface area contributed by atoms with E-state index in [9.17, 15) is 14.4 Å². The monoisotopic (exact) mass is 486 g/mol. The number of halogens is 1. The number of carbonyl (C=O) groups is 2. The van der Waals surface area contributed by atoms with Crippen molar-refractivity contribution in [1.82, 2.24) is 14.5 Å². The van der Waals surface area contributed by atoms with Gasteiger partial charge in [-0.25, -0.2) is 4.98 Å². The van der Waals surface area contributed by atoms with Crippen molar-refractivity contribution in [3.05, 3.63) is 55.9 Å². The first-order chi connectivity index (χ1) is 15.9. The number of hydrogen-bond donors (Lipinski definition) is 1. The Labute approximate surface area is 201 Å². The van der Waals surface area contributed by atoms with Gasteiger partial charge in [-0.15, -0.1) is 11.3 Å². The molecular formula is C24H27ClN4O3S. The molecule has 0 unspecified atom stereocenters. The van der Waals surface area contributed by atoms with Crippen molar-refractivity contribution in [2.24, 2.45) is 0 Å². The Bertz CT molecular complexity index is 1260. The lowest BCUT2D eigenvalue weighted by Gasteiger charge is -2.19. The molecule has 1 N–H and O–H groups in total. The molecule has 0 spiro atoms. The summed E-state index contributed by atoms with van der Waals surface area (Å²) in [6, 6.07) is 4.87. The Hall–Kier alpha value is -2.71. The summed E-state index contributed by atoms with van der Waals surface area (Å²) in [6.07, 6.45) is 5.84. The number of aryl methyl sites for hydroxylation is 3. The number of amides is 2. The van der Waals surface area contributed by atoms with Crippen LogP contribution < -0.4 is 10.9 Å². The molecule has 3 aromatic rings. The van der Waals surface area contributed by atoms with Gasteiger partial charge in [0.1, 0.15) is 4.83 Å². The standard InChI is InChI=1S/C24H27ClN4O3S/c1-3-28(4-2)23(31)16-10-9-15(13-18(16)25)27-20(30)11-12-29-14-26-22-21(24(29)32)17-7-5-6-8-19(17)33-22/h9-10,13-14H,3-8,11-12H2,1-2H3,(H,27,30). The molecule has 0 atom stereocenters. The Balaban J connectivity index is 1.43. The molecule has 9 heteroatoms. The molecule has 33 heavy (non-hydrogen) atoms. The van der Waals surface area contributed by atoms with Crippen molar-refractivity contribution >= 4 is 50.7 Å². The average Bonchev–Trinajstić information content (AvgIpc) is 3.19. The summed E-state index contributed by atoms with van der Waals surface area (Å²) in [4.78, 5) is 46.3. The van der Waals surface area contributed by atoms with Gasteiger partial charge in [-0.1, -0.05) is 11.6 Å². The normalized spacial score (nSPS) is 13.1. The Kier molecular flexibility index (Phi) is 7.14. The van der Waals surface area contributed by atoms with E-state index < -0.39 is 0 Å². The number of benzene rings is 1. The van der Waals surface area contributed by atoms with Crippen molar-refractivity contribution in [2.75, 3.05) is 18.4 Å². The smallest absolute Gasteiger partial charge is 0.262 e. The molecule has 174 valence electrons. The summed E-state index contributed by atoms with van der Waals surface area (Å²) in [5.74, 6) is -0.381. The van der Waals surface area contributed by atoms with Crippen LogP contribution in [0.3, 0.4) is 0 Å². The molecule has 2 aromatic heterocycles.